The highest BCUT2D eigenvalue weighted by Gasteiger charge is 2.22. The third-order valence-electron chi connectivity index (χ3n) is 5.62. The predicted octanol–water partition coefficient (Wildman–Crippen LogP) is 2.02. The molecule has 1 atom stereocenters. The summed E-state index contributed by atoms with van der Waals surface area (Å²) in [5, 5.41) is 7.13. The zero-order valence-electron chi connectivity index (χ0n) is 18.2. The van der Waals surface area contributed by atoms with Crippen molar-refractivity contribution >= 4 is 5.96 Å². The zero-order chi connectivity index (χ0) is 19.5. The van der Waals surface area contributed by atoms with Crippen LogP contribution >= 0.6 is 0 Å². The number of guanidine groups is 1. The average Bonchev–Trinajstić information content (AvgIpc) is 2.65. The molecule has 2 heterocycles. The van der Waals surface area contributed by atoms with E-state index >= 15 is 0 Å². The summed E-state index contributed by atoms with van der Waals surface area (Å²) in [7, 11) is 1.78. The first kappa shape index (κ1) is 22.4. The first-order chi connectivity index (χ1) is 13.1. The lowest BCUT2D eigenvalue weighted by Gasteiger charge is -2.34. The van der Waals surface area contributed by atoms with E-state index < -0.39 is 0 Å². The van der Waals surface area contributed by atoms with Crippen molar-refractivity contribution in [1.82, 2.24) is 20.4 Å². The molecule has 2 aliphatic rings. The lowest BCUT2D eigenvalue weighted by Crippen LogP contribution is -2.49. The summed E-state index contributed by atoms with van der Waals surface area (Å²) in [6, 6.07) is 0.533. The van der Waals surface area contributed by atoms with E-state index in [0.29, 0.717) is 12.0 Å². The normalized spacial score (nSPS) is 23.7. The van der Waals surface area contributed by atoms with Gasteiger partial charge in [-0.1, -0.05) is 13.8 Å². The molecule has 0 amide bonds. The number of hydrogen-bond donors (Lipinski definition) is 2. The molecular formula is C21H43N5O. The summed E-state index contributed by atoms with van der Waals surface area (Å²) in [4.78, 5) is 10.1. The van der Waals surface area contributed by atoms with Gasteiger partial charge in [0.05, 0.1) is 6.61 Å². The van der Waals surface area contributed by atoms with Crippen LogP contribution in [0.3, 0.4) is 0 Å². The second kappa shape index (κ2) is 12.6. The van der Waals surface area contributed by atoms with Crippen molar-refractivity contribution in [2.45, 2.75) is 52.5 Å². The van der Waals surface area contributed by atoms with Crippen LogP contribution in [0.25, 0.3) is 0 Å². The zero-order valence-corrected chi connectivity index (χ0v) is 18.2. The molecule has 2 saturated heterocycles. The molecular weight excluding hydrogens is 338 g/mol. The Kier molecular flexibility index (Phi) is 10.5. The second-order valence-corrected chi connectivity index (χ2v) is 8.63. The van der Waals surface area contributed by atoms with Gasteiger partial charge in [-0.25, -0.2) is 0 Å². The molecule has 0 spiro atoms. The summed E-state index contributed by atoms with van der Waals surface area (Å²) in [6.07, 6.45) is 4.99. The Balaban J connectivity index is 1.77. The minimum atomic E-state index is 0.533. The average molecular weight is 382 g/mol. The molecule has 0 aliphatic carbocycles. The van der Waals surface area contributed by atoms with E-state index in [0.717, 1.165) is 51.2 Å². The van der Waals surface area contributed by atoms with Gasteiger partial charge in [0.15, 0.2) is 5.96 Å². The standard InChI is InChI=1S/C21H43N5O/c1-5-22-21(24-20-8-11-25(12-9-20)13-14-27-4)23-15-19-7-6-10-26(17-19)16-18(2)3/h18-20H,5-17H2,1-4H3,(H2,22,23,24). The van der Waals surface area contributed by atoms with Gasteiger partial charge in [0.25, 0.3) is 0 Å². The van der Waals surface area contributed by atoms with Gasteiger partial charge in [0.2, 0.25) is 0 Å². The molecule has 2 rings (SSSR count). The maximum atomic E-state index is 5.20. The summed E-state index contributed by atoms with van der Waals surface area (Å²) < 4.78 is 5.20. The molecule has 0 bridgehead atoms. The molecule has 27 heavy (non-hydrogen) atoms. The van der Waals surface area contributed by atoms with E-state index in [4.69, 9.17) is 9.73 Å². The van der Waals surface area contributed by atoms with Gasteiger partial charge in [-0.3, -0.25) is 4.99 Å². The Bertz CT molecular complexity index is 421. The largest absolute Gasteiger partial charge is 0.383 e. The maximum Gasteiger partial charge on any atom is 0.191 e. The van der Waals surface area contributed by atoms with E-state index in [1.54, 1.807) is 7.11 Å². The Hall–Kier alpha value is -0.850. The molecule has 1 unspecified atom stereocenters. The lowest BCUT2D eigenvalue weighted by molar-refractivity contribution is 0.128. The van der Waals surface area contributed by atoms with Crippen LogP contribution in [0, 0.1) is 11.8 Å². The van der Waals surface area contributed by atoms with E-state index in [9.17, 15) is 0 Å². The van der Waals surface area contributed by atoms with Crippen LogP contribution in [0.2, 0.25) is 0 Å². The SMILES string of the molecule is CCNC(=NCC1CCCN(CC(C)C)C1)NC1CCN(CCOC)CC1. The molecule has 6 heteroatoms. The number of piperidine rings is 2. The summed E-state index contributed by atoms with van der Waals surface area (Å²) >= 11 is 0. The minimum Gasteiger partial charge on any atom is -0.383 e. The van der Waals surface area contributed by atoms with Crippen molar-refractivity contribution in [2.75, 3.05) is 66.1 Å². The van der Waals surface area contributed by atoms with Gasteiger partial charge in [0.1, 0.15) is 0 Å². The predicted molar refractivity (Wildman–Crippen MR) is 114 cm³/mol. The number of aliphatic imine (C=N–C) groups is 1. The summed E-state index contributed by atoms with van der Waals surface area (Å²) in [5.74, 6) is 2.46. The van der Waals surface area contributed by atoms with E-state index in [1.165, 1.54) is 45.3 Å². The van der Waals surface area contributed by atoms with E-state index in [2.05, 4.69) is 41.2 Å². The molecule has 158 valence electrons. The molecule has 0 aromatic rings. The third-order valence-corrected chi connectivity index (χ3v) is 5.62. The maximum absolute atomic E-state index is 5.20. The number of nitrogens with one attached hydrogen (secondary N) is 2. The van der Waals surface area contributed by atoms with Crippen LogP contribution in [-0.4, -0.2) is 87.9 Å². The molecule has 6 nitrogen and oxygen atoms in total. The van der Waals surface area contributed by atoms with Crippen molar-refractivity contribution < 1.29 is 4.74 Å². The van der Waals surface area contributed by atoms with Gasteiger partial charge >= 0.3 is 0 Å². The second-order valence-electron chi connectivity index (χ2n) is 8.63. The van der Waals surface area contributed by atoms with Crippen molar-refractivity contribution in [2.24, 2.45) is 16.8 Å². The molecule has 0 radical (unpaired) electrons. The molecule has 0 aromatic carbocycles. The quantitative estimate of drug-likeness (QED) is 0.473. The highest BCUT2D eigenvalue weighted by atomic mass is 16.5. The van der Waals surface area contributed by atoms with Crippen LogP contribution in [0.4, 0.5) is 0 Å². The smallest absolute Gasteiger partial charge is 0.191 e. The number of ether oxygens (including phenoxy) is 1. The first-order valence-electron chi connectivity index (χ1n) is 11.1. The van der Waals surface area contributed by atoms with Gasteiger partial charge in [-0.15, -0.1) is 0 Å². The van der Waals surface area contributed by atoms with Gasteiger partial charge in [-0.05, 0) is 51.0 Å². The number of likely N-dealkylation sites (tertiary alicyclic amines) is 2. The van der Waals surface area contributed by atoms with E-state index in [-0.39, 0.29) is 0 Å². The van der Waals surface area contributed by atoms with Crippen molar-refractivity contribution in [3.05, 3.63) is 0 Å². The summed E-state index contributed by atoms with van der Waals surface area (Å²) in [5.41, 5.74) is 0. The Morgan fingerprint density at radius 3 is 2.59 bits per heavy atom. The Labute approximate surface area is 167 Å². The Morgan fingerprint density at radius 2 is 1.93 bits per heavy atom. The number of nitrogens with zero attached hydrogens (tertiary/aromatic N) is 3. The fourth-order valence-corrected chi connectivity index (χ4v) is 4.24. The molecule has 2 fully saturated rings. The summed E-state index contributed by atoms with van der Waals surface area (Å²) in [6.45, 7) is 16.5. The lowest BCUT2D eigenvalue weighted by atomic mass is 9.97. The van der Waals surface area contributed by atoms with Crippen molar-refractivity contribution in [1.29, 1.82) is 0 Å². The van der Waals surface area contributed by atoms with Crippen molar-refractivity contribution in [3.8, 4) is 0 Å². The van der Waals surface area contributed by atoms with Crippen LogP contribution in [0.5, 0.6) is 0 Å². The van der Waals surface area contributed by atoms with Gasteiger partial charge in [0, 0.05) is 59.0 Å². The van der Waals surface area contributed by atoms with Crippen LogP contribution in [0.15, 0.2) is 4.99 Å². The van der Waals surface area contributed by atoms with Crippen molar-refractivity contribution in [3.63, 3.8) is 0 Å². The molecule has 2 aliphatic heterocycles. The van der Waals surface area contributed by atoms with E-state index in [1.807, 2.05) is 0 Å². The Morgan fingerprint density at radius 1 is 1.15 bits per heavy atom. The minimum absolute atomic E-state index is 0.533. The third kappa shape index (κ3) is 8.79. The molecule has 2 N–H and O–H groups in total. The fraction of sp³-hybridized carbons (Fsp3) is 0.952. The van der Waals surface area contributed by atoms with Gasteiger partial charge in [-0.2, -0.15) is 0 Å². The monoisotopic (exact) mass is 381 g/mol. The van der Waals surface area contributed by atoms with Crippen LogP contribution in [0.1, 0.15) is 46.5 Å². The number of methoxy groups -OCH3 is 1. The first-order valence-corrected chi connectivity index (χ1v) is 11.1. The molecule has 0 saturated carbocycles. The topological polar surface area (TPSA) is 52.1 Å². The molecule has 0 aromatic heterocycles. The number of hydrogen-bond acceptors (Lipinski definition) is 4. The van der Waals surface area contributed by atoms with Crippen LogP contribution in [-0.2, 0) is 4.74 Å². The van der Waals surface area contributed by atoms with Gasteiger partial charge < -0.3 is 25.2 Å². The highest BCUT2D eigenvalue weighted by molar-refractivity contribution is 5.80. The number of rotatable bonds is 9. The highest BCUT2D eigenvalue weighted by Crippen LogP contribution is 2.18. The van der Waals surface area contributed by atoms with Crippen LogP contribution < -0.4 is 10.6 Å². The fourth-order valence-electron chi connectivity index (χ4n) is 4.24.